The van der Waals surface area contributed by atoms with E-state index in [9.17, 15) is 4.79 Å². The van der Waals surface area contributed by atoms with E-state index in [4.69, 9.17) is 5.11 Å². The van der Waals surface area contributed by atoms with Gasteiger partial charge in [0, 0.05) is 6.04 Å². The van der Waals surface area contributed by atoms with E-state index in [2.05, 4.69) is 10.6 Å². The standard InChI is InChI=1S/C10H20N2O2/c1-4-11-10(2,3)9(14)12-7-5-8(13)6-7/h7-8,11,13H,4-6H2,1-3H3,(H,12,14). The monoisotopic (exact) mass is 200 g/mol. The summed E-state index contributed by atoms with van der Waals surface area (Å²) in [4.78, 5) is 11.7. The third-order valence-corrected chi connectivity index (χ3v) is 2.63. The van der Waals surface area contributed by atoms with Gasteiger partial charge < -0.3 is 15.7 Å². The van der Waals surface area contributed by atoms with Crippen molar-refractivity contribution in [2.24, 2.45) is 0 Å². The maximum atomic E-state index is 11.7. The summed E-state index contributed by atoms with van der Waals surface area (Å²) in [6.07, 6.45) is 1.16. The summed E-state index contributed by atoms with van der Waals surface area (Å²) in [6.45, 7) is 6.47. The van der Waals surface area contributed by atoms with Crippen LogP contribution in [0.4, 0.5) is 0 Å². The van der Waals surface area contributed by atoms with E-state index in [-0.39, 0.29) is 18.1 Å². The Kier molecular flexibility index (Phi) is 3.50. The zero-order chi connectivity index (χ0) is 10.8. The molecule has 1 saturated carbocycles. The van der Waals surface area contributed by atoms with E-state index < -0.39 is 5.54 Å². The zero-order valence-corrected chi connectivity index (χ0v) is 9.13. The molecule has 1 aliphatic rings. The molecule has 0 bridgehead atoms. The van der Waals surface area contributed by atoms with Crippen molar-refractivity contribution in [2.75, 3.05) is 6.54 Å². The van der Waals surface area contributed by atoms with Crippen LogP contribution < -0.4 is 10.6 Å². The molecule has 14 heavy (non-hydrogen) atoms. The molecule has 0 radical (unpaired) electrons. The highest BCUT2D eigenvalue weighted by Gasteiger charge is 2.33. The Balaban J connectivity index is 2.33. The minimum Gasteiger partial charge on any atom is -0.393 e. The van der Waals surface area contributed by atoms with Crippen molar-refractivity contribution < 1.29 is 9.90 Å². The van der Waals surface area contributed by atoms with E-state index in [0.29, 0.717) is 12.8 Å². The molecule has 1 rings (SSSR count). The van der Waals surface area contributed by atoms with Gasteiger partial charge in [0.05, 0.1) is 11.6 Å². The smallest absolute Gasteiger partial charge is 0.239 e. The second kappa shape index (κ2) is 4.28. The van der Waals surface area contributed by atoms with Crippen molar-refractivity contribution in [3.63, 3.8) is 0 Å². The zero-order valence-electron chi connectivity index (χ0n) is 9.13. The number of carbonyl (C=O) groups is 1. The van der Waals surface area contributed by atoms with E-state index in [1.54, 1.807) is 0 Å². The molecule has 4 nitrogen and oxygen atoms in total. The van der Waals surface area contributed by atoms with Crippen molar-refractivity contribution in [2.45, 2.75) is 51.3 Å². The number of aliphatic hydroxyl groups excluding tert-OH is 1. The van der Waals surface area contributed by atoms with Gasteiger partial charge >= 0.3 is 0 Å². The molecular weight excluding hydrogens is 180 g/mol. The average Bonchev–Trinajstić information content (AvgIpc) is 2.01. The van der Waals surface area contributed by atoms with Crippen LogP contribution in [0.5, 0.6) is 0 Å². The molecule has 82 valence electrons. The summed E-state index contributed by atoms with van der Waals surface area (Å²) in [5.41, 5.74) is -0.519. The second-order valence-electron chi connectivity index (χ2n) is 4.45. The lowest BCUT2D eigenvalue weighted by Crippen LogP contribution is -2.57. The molecule has 1 amide bonds. The fourth-order valence-corrected chi connectivity index (χ4v) is 1.59. The largest absolute Gasteiger partial charge is 0.393 e. The van der Waals surface area contributed by atoms with Gasteiger partial charge in [-0.05, 0) is 33.2 Å². The van der Waals surface area contributed by atoms with Gasteiger partial charge in [0.25, 0.3) is 0 Å². The van der Waals surface area contributed by atoms with Gasteiger partial charge in [0.1, 0.15) is 0 Å². The van der Waals surface area contributed by atoms with Gasteiger partial charge in [-0.2, -0.15) is 0 Å². The summed E-state index contributed by atoms with van der Waals surface area (Å²) < 4.78 is 0. The maximum Gasteiger partial charge on any atom is 0.239 e. The number of amides is 1. The summed E-state index contributed by atoms with van der Waals surface area (Å²) in [6, 6.07) is 0.162. The van der Waals surface area contributed by atoms with E-state index in [0.717, 1.165) is 6.54 Å². The predicted octanol–water partition coefficient (Wildman–Crippen LogP) is 0.0140. The summed E-state index contributed by atoms with van der Waals surface area (Å²) in [5, 5.41) is 15.1. The Bertz CT molecular complexity index is 210. The minimum atomic E-state index is -0.519. The fourth-order valence-electron chi connectivity index (χ4n) is 1.59. The maximum absolute atomic E-state index is 11.7. The summed E-state index contributed by atoms with van der Waals surface area (Å²) in [7, 11) is 0. The lowest BCUT2D eigenvalue weighted by Gasteiger charge is -2.35. The first-order valence-corrected chi connectivity index (χ1v) is 5.19. The predicted molar refractivity (Wildman–Crippen MR) is 54.9 cm³/mol. The first kappa shape index (κ1) is 11.5. The molecule has 4 heteroatoms. The molecular formula is C10H20N2O2. The lowest BCUT2D eigenvalue weighted by atomic mass is 9.88. The third kappa shape index (κ3) is 2.69. The van der Waals surface area contributed by atoms with Gasteiger partial charge in [0.2, 0.25) is 5.91 Å². The summed E-state index contributed by atoms with van der Waals surface area (Å²) in [5.74, 6) is 0.0104. The normalized spacial score (nSPS) is 26.9. The van der Waals surface area contributed by atoms with Crippen LogP contribution in [0, 0.1) is 0 Å². The molecule has 0 spiro atoms. The number of carbonyl (C=O) groups excluding carboxylic acids is 1. The van der Waals surface area contributed by atoms with Crippen LogP contribution in [-0.2, 0) is 4.79 Å². The van der Waals surface area contributed by atoms with Gasteiger partial charge in [-0.1, -0.05) is 6.92 Å². The van der Waals surface area contributed by atoms with Crippen molar-refractivity contribution in [3.8, 4) is 0 Å². The molecule has 1 fully saturated rings. The topological polar surface area (TPSA) is 61.4 Å². The van der Waals surface area contributed by atoms with Crippen LogP contribution in [-0.4, -0.2) is 35.2 Å². The van der Waals surface area contributed by atoms with Crippen molar-refractivity contribution in [3.05, 3.63) is 0 Å². The number of hydrogen-bond donors (Lipinski definition) is 3. The second-order valence-corrected chi connectivity index (χ2v) is 4.45. The first-order valence-electron chi connectivity index (χ1n) is 5.19. The van der Waals surface area contributed by atoms with Gasteiger partial charge in [-0.15, -0.1) is 0 Å². The fraction of sp³-hybridized carbons (Fsp3) is 0.900. The van der Waals surface area contributed by atoms with Gasteiger partial charge in [-0.3, -0.25) is 4.79 Å². The summed E-state index contributed by atoms with van der Waals surface area (Å²) >= 11 is 0. The van der Waals surface area contributed by atoms with E-state index >= 15 is 0 Å². The highest BCUT2D eigenvalue weighted by Crippen LogP contribution is 2.20. The molecule has 0 aliphatic heterocycles. The van der Waals surface area contributed by atoms with Crippen LogP contribution in [0.2, 0.25) is 0 Å². The lowest BCUT2D eigenvalue weighted by molar-refractivity contribution is -0.128. The molecule has 0 saturated heterocycles. The highest BCUT2D eigenvalue weighted by molar-refractivity contribution is 5.85. The van der Waals surface area contributed by atoms with Crippen molar-refractivity contribution in [1.29, 1.82) is 0 Å². The number of likely N-dealkylation sites (N-methyl/N-ethyl adjacent to an activating group) is 1. The minimum absolute atomic E-state index is 0.0104. The van der Waals surface area contributed by atoms with E-state index in [1.807, 2.05) is 20.8 Å². The van der Waals surface area contributed by atoms with Crippen LogP contribution in [0.15, 0.2) is 0 Å². The molecule has 0 aromatic carbocycles. The van der Waals surface area contributed by atoms with Crippen LogP contribution in [0.1, 0.15) is 33.6 Å². The van der Waals surface area contributed by atoms with Gasteiger partial charge in [0.15, 0.2) is 0 Å². The van der Waals surface area contributed by atoms with Crippen LogP contribution >= 0.6 is 0 Å². The molecule has 3 N–H and O–H groups in total. The average molecular weight is 200 g/mol. The number of rotatable bonds is 4. The van der Waals surface area contributed by atoms with Crippen molar-refractivity contribution in [1.82, 2.24) is 10.6 Å². The Hall–Kier alpha value is -0.610. The Morgan fingerprint density at radius 3 is 2.50 bits per heavy atom. The highest BCUT2D eigenvalue weighted by atomic mass is 16.3. The Labute approximate surface area is 85.1 Å². The molecule has 0 aromatic heterocycles. The molecule has 0 aromatic rings. The molecule has 1 aliphatic carbocycles. The van der Waals surface area contributed by atoms with E-state index in [1.165, 1.54) is 0 Å². The Morgan fingerprint density at radius 1 is 1.50 bits per heavy atom. The van der Waals surface area contributed by atoms with Crippen LogP contribution in [0.3, 0.4) is 0 Å². The SMILES string of the molecule is CCNC(C)(C)C(=O)NC1CC(O)C1. The first-order chi connectivity index (χ1) is 6.45. The Morgan fingerprint density at radius 2 is 2.07 bits per heavy atom. The van der Waals surface area contributed by atoms with Crippen LogP contribution in [0.25, 0.3) is 0 Å². The number of hydrogen-bond acceptors (Lipinski definition) is 3. The van der Waals surface area contributed by atoms with Crippen molar-refractivity contribution >= 4 is 5.91 Å². The number of aliphatic hydroxyl groups is 1. The number of nitrogens with one attached hydrogen (secondary N) is 2. The third-order valence-electron chi connectivity index (χ3n) is 2.63. The molecule has 0 unspecified atom stereocenters. The molecule has 0 atom stereocenters. The molecule has 0 heterocycles. The van der Waals surface area contributed by atoms with Gasteiger partial charge in [-0.25, -0.2) is 0 Å². The quantitative estimate of drug-likeness (QED) is 0.599.